The molecule has 0 aromatic heterocycles. The number of phenols is 2. The summed E-state index contributed by atoms with van der Waals surface area (Å²) in [5.74, 6) is -1.23. The molecule has 1 aliphatic carbocycles. The van der Waals surface area contributed by atoms with Gasteiger partial charge in [0.25, 0.3) is 5.91 Å². The third-order valence-corrected chi connectivity index (χ3v) is 7.02. The van der Waals surface area contributed by atoms with Crippen molar-refractivity contribution in [2.24, 2.45) is 0 Å². The fraction of sp³-hybridized carbons (Fsp3) is 0.462. The number of carboxylic acid groups (broad SMARTS) is 1. The van der Waals surface area contributed by atoms with E-state index in [1.807, 2.05) is 26.0 Å². The first-order valence-corrected chi connectivity index (χ1v) is 11.6. The second-order valence-electron chi connectivity index (χ2n) is 9.62. The highest BCUT2D eigenvalue weighted by molar-refractivity contribution is 5.97. The Hall–Kier alpha value is -3.06. The number of fused-ring (bicyclic) bond motifs is 1. The average molecular weight is 453 g/mol. The molecule has 1 heterocycles. The highest BCUT2D eigenvalue weighted by atomic mass is 16.4. The van der Waals surface area contributed by atoms with Crippen molar-refractivity contribution in [3.63, 3.8) is 0 Å². The first-order valence-electron chi connectivity index (χ1n) is 11.6. The normalized spacial score (nSPS) is 16.9. The summed E-state index contributed by atoms with van der Waals surface area (Å²) in [6.45, 7) is 5.35. The lowest BCUT2D eigenvalue weighted by atomic mass is 9.97. The van der Waals surface area contributed by atoms with Gasteiger partial charge in [0.05, 0.1) is 5.56 Å². The van der Waals surface area contributed by atoms with Crippen molar-refractivity contribution < 1.29 is 24.9 Å². The summed E-state index contributed by atoms with van der Waals surface area (Å²) in [5, 5.41) is 33.2. The van der Waals surface area contributed by atoms with Gasteiger partial charge in [0, 0.05) is 25.7 Å². The number of hydrogen-bond acceptors (Lipinski definition) is 5. The Morgan fingerprint density at radius 3 is 2.39 bits per heavy atom. The van der Waals surface area contributed by atoms with Crippen LogP contribution in [0.4, 0.5) is 0 Å². The lowest BCUT2D eigenvalue weighted by molar-refractivity contribution is -0.144. The van der Waals surface area contributed by atoms with Gasteiger partial charge >= 0.3 is 5.97 Å². The smallest absolute Gasteiger partial charge is 0.323 e. The second-order valence-corrected chi connectivity index (χ2v) is 9.62. The van der Waals surface area contributed by atoms with Crippen molar-refractivity contribution in [3.8, 4) is 11.5 Å². The van der Waals surface area contributed by atoms with Crippen LogP contribution in [0.1, 0.15) is 78.1 Å². The molecule has 176 valence electrons. The maximum atomic E-state index is 13.1. The number of benzene rings is 2. The molecular formula is C26H32N2O5. The van der Waals surface area contributed by atoms with Gasteiger partial charge in [-0.2, -0.15) is 0 Å². The number of rotatable bonds is 7. The van der Waals surface area contributed by atoms with Crippen molar-refractivity contribution in [2.75, 3.05) is 6.54 Å². The van der Waals surface area contributed by atoms with Gasteiger partial charge in [-0.25, -0.2) is 0 Å². The molecule has 0 bridgehead atoms. The SMILES string of the molecule is CC(C)c1cc(C(=O)N2Cc3ccc(CCNC4(C(=O)O)CCCC4)cc3C2)c(O)cc1O. The Morgan fingerprint density at radius 1 is 1.03 bits per heavy atom. The van der Waals surface area contributed by atoms with Crippen molar-refractivity contribution in [2.45, 2.75) is 70.5 Å². The van der Waals surface area contributed by atoms with E-state index in [2.05, 4.69) is 11.4 Å². The largest absolute Gasteiger partial charge is 0.508 e. The molecule has 33 heavy (non-hydrogen) atoms. The molecule has 7 heteroatoms. The van der Waals surface area contributed by atoms with Crippen LogP contribution in [-0.4, -0.2) is 44.2 Å². The van der Waals surface area contributed by atoms with E-state index in [-0.39, 0.29) is 28.9 Å². The number of carbonyl (C=O) groups is 2. The van der Waals surface area contributed by atoms with Crippen LogP contribution in [0.5, 0.6) is 11.5 Å². The van der Waals surface area contributed by atoms with Crippen LogP contribution in [0.15, 0.2) is 30.3 Å². The van der Waals surface area contributed by atoms with Gasteiger partial charge in [-0.1, -0.05) is 44.9 Å². The predicted molar refractivity (Wildman–Crippen MR) is 124 cm³/mol. The Labute approximate surface area is 194 Å². The van der Waals surface area contributed by atoms with E-state index in [1.54, 1.807) is 11.0 Å². The minimum atomic E-state index is -0.791. The fourth-order valence-electron chi connectivity index (χ4n) is 5.04. The number of carbonyl (C=O) groups excluding carboxylic acids is 1. The number of phenolic OH excluding ortho intramolecular Hbond substituents is 2. The quantitative estimate of drug-likeness (QED) is 0.507. The summed E-state index contributed by atoms with van der Waals surface area (Å²) in [6, 6.07) is 8.97. The maximum absolute atomic E-state index is 13.1. The Balaban J connectivity index is 1.42. The number of nitrogens with one attached hydrogen (secondary N) is 1. The Bertz CT molecular complexity index is 1070. The predicted octanol–water partition coefficient (Wildman–Crippen LogP) is 3.91. The molecule has 7 nitrogen and oxygen atoms in total. The van der Waals surface area contributed by atoms with Gasteiger partial charge < -0.3 is 25.5 Å². The van der Waals surface area contributed by atoms with Crippen molar-refractivity contribution in [1.82, 2.24) is 10.2 Å². The molecule has 2 aromatic carbocycles. The molecule has 4 rings (SSSR count). The fourth-order valence-corrected chi connectivity index (χ4v) is 5.04. The van der Waals surface area contributed by atoms with Crippen LogP contribution >= 0.6 is 0 Å². The molecule has 0 atom stereocenters. The second kappa shape index (κ2) is 9.06. The maximum Gasteiger partial charge on any atom is 0.323 e. The molecule has 1 amide bonds. The molecule has 2 aliphatic rings. The van der Waals surface area contributed by atoms with E-state index in [1.165, 1.54) is 6.07 Å². The van der Waals surface area contributed by atoms with Crippen LogP contribution in [-0.2, 0) is 24.3 Å². The van der Waals surface area contributed by atoms with Gasteiger partial charge in [0.1, 0.15) is 17.0 Å². The number of aliphatic carboxylic acids is 1. The summed E-state index contributed by atoms with van der Waals surface area (Å²) >= 11 is 0. The third kappa shape index (κ3) is 4.55. The highest BCUT2D eigenvalue weighted by Crippen LogP contribution is 2.35. The average Bonchev–Trinajstić information content (AvgIpc) is 3.40. The number of carboxylic acids is 1. The van der Waals surface area contributed by atoms with Crippen LogP contribution in [0.3, 0.4) is 0 Å². The van der Waals surface area contributed by atoms with E-state index in [9.17, 15) is 24.9 Å². The molecule has 0 saturated heterocycles. The molecule has 1 fully saturated rings. The monoisotopic (exact) mass is 452 g/mol. The molecule has 0 radical (unpaired) electrons. The van der Waals surface area contributed by atoms with Gasteiger partial charge in [0.15, 0.2) is 0 Å². The van der Waals surface area contributed by atoms with Gasteiger partial charge in [-0.05, 0) is 53.5 Å². The van der Waals surface area contributed by atoms with E-state index in [0.29, 0.717) is 44.5 Å². The number of hydrogen-bond donors (Lipinski definition) is 4. The molecule has 2 aromatic rings. The molecule has 1 aliphatic heterocycles. The molecule has 1 saturated carbocycles. The summed E-state index contributed by atoms with van der Waals surface area (Å²) in [5.41, 5.74) is 3.27. The topological polar surface area (TPSA) is 110 Å². The van der Waals surface area contributed by atoms with Gasteiger partial charge in [0.2, 0.25) is 0 Å². The molecular weight excluding hydrogens is 420 g/mol. The zero-order valence-corrected chi connectivity index (χ0v) is 19.2. The minimum Gasteiger partial charge on any atom is -0.508 e. The standard InChI is InChI=1S/C26H32N2O5/c1-16(2)20-12-21(23(30)13-22(20)29)24(31)28-14-18-6-5-17(11-19(18)15-28)7-10-27-26(25(32)33)8-3-4-9-26/h5-6,11-13,16,27,29-30H,3-4,7-10,14-15H2,1-2H3,(H,32,33). The number of aromatic hydroxyl groups is 2. The van der Waals surface area contributed by atoms with Crippen LogP contribution in [0, 0.1) is 0 Å². The van der Waals surface area contributed by atoms with Crippen LogP contribution < -0.4 is 5.32 Å². The zero-order valence-electron chi connectivity index (χ0n) is 19.2. The molecule has 0 unspecified atom stereocenters. The third-order valence-electron chi connectivity index (χ3n) is 7.02. The minimum absolute atomic E-state index is 0.00992. The number of nitrogens with zero attached hydrogens (tertiary/aromatic N) is 1. The summed E-state index contributed by atoms with van der Waals surface area (Å²) in [7, 11) is 0. The zero-order chi connectivity index (χ0) is 23.8. The Kier molecular flexibility index (Phi) is 6.34. The molecule has 0 spiro atoms. The van der Waals surface area contributed by atoms with E-state index in [4.69, 9.17) is 0 Å². The molecule has 4 N–H and O–H groups in total. The lowest BCUT2D eigenvalue weighted by Gasteiger charge is -2.25. The van der Waals surface area contributed by atoms with Crippen LogP contribution in [0.2, 0.25) is 0 Å². The van der Waals surface area contributed by atoms with Crippen molar-refractivity contribution in [3.05, 3.63) is 58.1 Å². The van der Waals surface area contributed by atoms with Crippen molar-refractivity contribution >= 4 is 11.9 Å². The van der Waals surface area contributed by atoms with E-state index >= 15 is 0 Å². The summed E-state index contributed by atoms with van der Waals surface area (Å²) in [4.78, 5) is 26.5. The van der Waals surface area contributed by atoms with E-state index < -0.39 is 11.5 Å². The van der Waals surface area contributed by atoms with Gasteiger partial charge in [-0.3, -0.25) is 9.59 Å². The van der Waals surface area contributed by atoms with Crippen LogP contribution in [0.25, 0.3) is 0 Å². The van der Waals surface area contributed by atoms with Crippen molar-refractivity contribution in [1.29, 1.82) is 0 Å². The van der Waals surface area contributed by atoms with Gasteiger partial charge in [-0.15, -0.1) is 0 Å². The Morgan fingerprint density at radius 2 is 1.73 bits per heavy atom. The number of amides is 1. The summed E-state index contributed by atoms with van der Waals surface area (Å²) in [6.07, 6.45) is 3.94. The lowest BCUT2D eigenvalue weighted by Crippen LogP contribution is -2.50. The highest BCUT2D eigenvalue weighted by Gasteiger charge is 2.40. The van der Waals surface area contributed by atoms with E-state index in [0.717, 1.165) is 29.5 Å². The first-order chi connectivity index (χ1) is 15.7. The summed E-state index contributed by atoms with van der Waals surface area (Å²) < 4.78 is 0. The first kappa shape index (κ1) is 23.1.